The minimum atomic E-state index is -0.334. The van der Waals surface area contributed by atoms with Gasteiger partial charge in [-0.2, -0.15) is 0 Å². The maximum Gasteiger partial charge on any atom is 0.220 e. The standard InChI is InChI=1S/C23H41N5O5.3C13H24O3.C3H5BrO/c1-5-21(30)24-11-6-14-32-15-7-12-25-22(31)9-8-19-18-28(27-26-19)13-17-33-16-10-20(29)23(2,3)4;3*1-5-11(14)7-6-9-16-10-8-12(15)13(2,3)4;1-3(5)2-4/h18H,5-17H2,1-4H3,(H,24,30)(H,25,31);3*5-10H2,1-4H3;2H2,1H3. The van der Waals surface area contributed by atoms with E-state index in [4.69, 9.17) is 23.7 Å². The van der Waals surface area contributed by atoms with Crippen LogP contribution in [0, 0.1) is 21.7 Å². The van der Waals surface area contributed by atoms with E-state index in [0.717, 1.165) is 37.8 Å². The maximum absolute atomic E-state index is 12.0. The molecule has 20 nitrogen and oxygen atoms in total. The summed E-state index contributed by atoms with van der Waals surface area (Å²) in [6, 6.07) is 0. The van der Waals surface area contributed by atoms with Gasteiger partial charge in [0, 0.05) is 157 Å². The van der Waals surface area contributed by atoms with Crippen LogP contribution in [0.4, 0.5) is 0 Å². The van der Waals surface area contributed by atoms with E-state index in [-0.39, 0.29) is 79.7 Å². The third kappa shape index (κ3) is 60.0. The number of ether oxygens (including phenoxy) is 5. The van der Waals surface area contributed by atoms with Gasteiger partial charge in [-0.3, -0.25) is 47.9 Å². The quantitative estimate of drug-likeness (QED) is 0.0454. The number of halogens is 1. The lowest BCUT2D eigenvalue weighted by molar-refractivity contribution is -0.128. The number of Topliss-reactive ketones (excluding diaryl/α,β-unsaturated/α-hetero) is 8. The summed E-state index contributed by atoms with van der Waals surface area (Å²) in [7, 11) is 0. The molecule has 0 radical (unpaired) electrons. The Kier molecular flexibility index (Phi) is 55.1. The molecular weight excluding hydrogens is 1170 g/mol. The Labute approximate surface area is 526 Å². The lowest BCUT2D eigenvalue weighted by atomic mass is 9.89. The smallest absolute Gasteiger partial charge is 0.220 e. The molecule has 0 bridgehead atoms. The fourth-order valence-corrected chi connectivity index (χ4v) is 6.29. The number of carbonyl (C=O) groups is 10. The summed E-state index contributed by atoms with van der Waals surface area (Å²) in [5.41, 5.74) is -0.407. The molecule has 0 aliphatic carbocycles. The molecular formula is C65H118BrN5O15. The molecule has 1 heterocycles. The first-order valence-corrected chi connectivity index (χ1v) is 32.3. The molecule has 86 heavy (non-hydrogen) atoms. The normalized spacial score (nSPS) is 11.2. The number of nitrogens with zero attached hydrogens (tertiary/aromatic N) is 3. The van der Waals surface area contributed by atoms with Gasteiger partial charge in [0.05, 0.1) is 50.6 Å². The highest BCUT2D eigenvalue weighted by atomic mass is 79.9. The van der Waals surface area contributed by atoms with Crippen LogP contribution in [-0.2, 0) is 84.6 Å². The second-order valence-corrected chi connectivity index (χ2v) is 25.4. The van der Waals surface area contributed by atoms with Crippen LogP contribution in [0.1, 0.15) is 233 Å². The SMILES string of the molecule is CC(=O)CBr.CCC(=O)CCCOCCC(=O)C(C)(C)C.CCC(=O)CCCOCCC(=O)C(C)(C)C.CCC(=O)CCCOCCC(=O)C(C)(C)C.CCC(=O)NCCCOCCCNC(=O)CCc1cn(CCOCCC(=O)C(C)(C)C)nn1. The van der Waals surface area contributed by atoms with Gasteiger partial charge in [-0.15, -0.1) is 5.10 Å². The minimum Gasteiger partial charge on any atom is -0.381 e. The van der Waals surface area contributed by atoms with Crippen LogP contribution < -0.4 is 10.6 Å². The van der Waals surface area contributed by atoms with Gasteiger partial charge in [0.2, 0.25) is 11.8 Å². The maximum atomic E-state index is 12.0. The largest absolute Gasteiger partial charge is 0.381 e. The fourth-order valence-electron chi connectivity index (χ4n) is 6.29. The summed E-state index contributed by atoms with van der Waals surface area (Å²) in [5.74, 6) is 1.86. The molecule has 2 amide bonds. The molecule has 500 valence electrons. The van der Waals surface area contributed by atoms with E-state index >= 15 is 0 Å². The highest BCUT2D eigenvalue weighted by Crippen LogP contribution is 2.19. The summed E-state index contributed by atoms with van der Waals surface area (Å²) in [6.45, 7) is 38.8. The van der Waals surface area contributed by atoms with Crippen molar-refractivity contribution in [2.24, 2.45) is 21.7 Å². The first-order chi connectivity index (χ1) is 40.1. The number of hydrogen-bond donors (Lipinski definition) is 2. The lowest BCUT2D eigenvalue weighted by Gasteiger charge is -2.16. The number of amides is 2. The van der Waals surface area contributed by atoms with Crippen LogP contribution in [0.3, 0.4) is 0 Å². The number of carbonyl (C=O) groups excluding carboxylic acids is 10. The first-order valence-electron chi connectivity index (χ1n) is 31.2. The molecule has 2 N–H and O–H groups in total. The molecule has 0 aromatic carbocycles. The van der Waals surface area contributed by atoms with E-state index < -0.39 is 0 Å². The number of rotatable bonds is 43. The fraction of sp³-hybridized carbons (Fsp3) is 0.815. The average molecular weight is 1290 g/mol. The highest BCUT2D eigenvalue weighted by molar-refractivity contribution is 9.09. The van der Waals surface area contributed by atoms with Crippen LogP contribution in [-0.4, -0.2) is 158 Å². The third-order valence-corrected chi connectivity index (χ3v) is 13.2. The van der Waals surface area contributed by atoms with Crippen LogP contribution in [0.5, 0.6) is 0 Å². The Bertz CT molecular complexity index is 1910. The number of nitrogens with one attached hydrogen (secondary N) is 2. The number of ketones is 8. The van der Waals surface area contributed by atoms with Gasteiger partial charge in [0.25, 0.3) is 0 Å². The zero-order valence-corrected chi connectivity index (χ0v) is 58.1. The minimum absolute atomic E-state index is 0.0290. The van der Waals surface area contributed by atoms with Crippen molar-refractivity contribution < 1.29 is 71.6 Å². The molecule has 0 saturated carbocycles. The second-order valence-electron chi connectivity index (χ2n) is 24.8. The van der Waals surface area contributed by atoms with Crippen molar-refractivity contribution >= 4 is 74.0 Å². The van der Waals surface area contributed by atoms with Gasteiger partial charge in [0.1, 0.15) is 46.3 Å². The summed E-state index contributed by atoms with van der Waals surface area (Å²) in [6.07, 6.45) is 12.3. The Morgan fingerprint density at radius 1 is 0.430 bits per heavy atom. The van der Waals surface area contributed by atoms with Crippen LogP contribution in [0.25, 0.3) is 0 Å². The molecule has 0 atom stereocenters. The molecule has 1 aromatic rings. The van der Waals surface area contributed by atoms with Gasteiger partial charge in [-0.1, -0.05) is 132 Å². The zero-order chi connectivity index (χ0) is 66.6. The first kappa shape index (κ1) is 88.2. The van der Waals surface area contributed by atoms with E-state index in [0.29, 0.717) is 175 Å². The molecule has 0 saturated heterocycles. The van der Waals surface area contributed by atoms with Crippen molar-refractivity contribution in [3.63, 3.8) is 0 Å². The summed E-state index contributed by atoms with van der Waals surface area (Å²) in [5, 5.41) is 14.3. The molecule has 0 spiro atoms. The Morgan fingerprint density at radius 2 is 0.733 bits per heavy atom. The van der Waals surface area contributed by atoms with Crippen LogP contribution in [0.15, 0.2) is 6.20 Å². The van der Waals surface area contributed by atoms with Crippen molar-refractivity contribution in [2.75, 3.05) is 84.5 Å². The number of aryl methyl sites for hydroxylation is 1. The Morgan fingerprint density at radius 3 is 1.03 bits per heavy atom. The van der Waals surface area contributed by atoms with Crippen molar-refractivity contribution in [1.82, 2.24) is 25.6 Å². The average Bonchev–Trinajstić information content (AvgIpc) is 4.02. The summed E-state index contributed by atoms with van der Waals surface area (Å²) < 4.78 is 28.7. The van der Waals surface area contributed by atoms with E-state index in [1.165, 1.54) is 6.92 Å². The van der Waals surface area contributed by atoms with E-state index in [1.807, 2.05) is 117 Å². The zero-order valence-electron chi connectivity index (χ0n) is 56.5. The summed E-state index contributed by atoms with van der Waals surface area (Å²) in [4.78, 5) is 112. The molecule has 0 aliphatic heterocycles. The predicted octanol–water partition coefficient (Wildman–Crippen LogP) is 10.9. The molecule has 0 unspecified atom stereocenters. The highest BCUT2D eigenvalue weighted by Gasteiger charge is 2.23. The molecule has 1 aromatic heterocycles. The predicted molar refractivity (Wildman–Crippen MR) is 342 cm³/mol. The Hall–Kier alpha value is -4.28. The van der Waals surface area contributed by atoms with Gasteiger partial charge in [0.15, 0.2) is 0 Å². The third-order valence-electron chi connectivity index (χ3n) is 12.4. The lowest BCUT2D eigenvalue weighted by Crippen LogP contribution is -2.26. The molecule has 0 aliphatic rings. The summed E-state index contributed by atoms with van der Waals surface area (Å²) >= 11 is 2.96. The topological polar surface area (TPSA) is 272 Å². The van der Waals surface area contributed by atoms with Crippen LogP contribution >= 0.6 is 15.9 Å². The van der Waals surface area contributed by atoms with Crippen molar-refractivity contribution in [3.8, 4) is 0 Å². The monoisotopic (exact) mass is 1290 g/mol. The second kappa shape index (κ2) is 53.7. The van der Waals surface area contributed by atoms with Gasteiger partial charge in [-0.25, -0.2) is 4.68 Å². The van der Waals surface area contributed by atoms with Crippen molar-refractivity contribution in [3.05, 3.63) is 11.9 Å². The van der Waals surface area contributed by atoms with Gasteiger partial charge in [-0.05, 0) is 39.0 Å². The number of alkyl halides is 1. The molecule has 0 fully saturated rings. The Balaban J connectivity index is -0.000000539. The van der Waals surface area contributed by atoms with E-state index in [2.05, 4.69) is 36.9 Å². The molecule has 21 heteroatoms. The van der Waals surface area contributed by atoms with E-state index in [1.54, 1.807) is 4.68 Å². The number of hydrogen-bond acceptors (Lipinski definition) is 17. The molecule has 1 rings (SSSR count). The van der Waals surface area contributed by atoms with E-state index in [9.17, 15) is 47.9 Å². The number of aromatic nitrogens is 3. The van der Waals surface area contributed by atoms with Crippen molar-refractivity contribution in [2.45, 2.75) is 240 Å². The van der Waals surface area contributed by atoms with Crippen LogP contribution in [0.2, 0.25) is 0 Å². The van der Waals surface area contributed by atoms with Gasteiger partial charge >= 0.3 is 0 Å². The van der Waals surface area contributed by atoms with Gasteiger partial charge < -0.3 is 34.3 Å². The van der Waals surface area contributed by atoms with Crippen molar-refractivity contribution in [1.29, 1.82) is 0 Å².